The van der Waals surface area contributed by atoms with E-state index in [1.807, 2.05) is 0 Å². The molecule has 0 amide bonds. The fourth-order valence-electron chi connectivity index (χ4n) is 0. The van der Waals surface area contributed by atoms with Crippen molar-refractivity contribution < 1.29 is 161 Å². The molecule has 0 rings (SSSR count). The average molecular weight is 477 g/mol. The summed E-state index contributed by atoms with van der Waals surface area (Å²) >= 11 is 2.94. The monoisotopic (exact) mass is 475 g/mol. The van der Waals surface area contributed by atoms with E-state index in [9.17, 15) is 0 Å². The summed E-state index contributed by atoms with van der Waals surface area (Å²) in [6.07, 6.45) is 0.500. The minimum absolute atomic E-state index is 0. The van der Waals surface area contributed by atoms with Crippen LogP contribution < -0.4 is 59.1 Å². The molecule has 135 valence electrons. The van der Waals surface area contributed by atoms with Crippen LogP contribution in [0.1, 0.15) is 8.85 Å². The molecule has 0 aliphatic carbocycles. The van der Waals surface area contributed by atoms with Crippen LogP contribution in [0.15, 0.2) is 0 Å². The van der Waals surface area contributed by atoms with E-state index in [1.165, 1.54) is 0 Å². The standard InChI is InChI=1S/2CO2.CH4.2CH3.3Cu.2Na.5H2O.O.H/c2*2-1-3;;;;;;;;;;;;;;;/h;;1H4;2*1H3;;;;;;5*1H2;;/q;;;2*-1;;;+2;2*+1;;;;;;;-1/p-1. The fourth-order valence-corrected chi connectivity index (χ4v) is 0. The number of hydrogen-bond donors (Lipinski definition) is 0. The molecule has 20 heavy (non-hydrogen) atoms. The van der Waals surface area contributed by atoms with Gasteiger partial charge in [0, 0.05) is 17.1 Å². The van der Waals surface area contributed by atoms with Crippen molar-refractivity contribution >= 4 is 12.3 Å². The second-order valence-electron chi connectivity index (χ2n) is 0.167. The van der Waals surface area contributed by atoms with Gasteiger partial charge in [0.2, 0.25) is 0 Å². The predicted molar refractivity (Wildman–Crippen MR) is 47.8 cm³/mol. The molecule has 0 bridgehead atoms. The van der Waals surface area contributed by atoms with Crippen LogP contribution in [0.2, 0.25) is 0 Å². The summed E-state index contributed by atoms with van der Waals surface area (Å²) in [6.45, 7) is 0. The summed E-state index contributed by atoms with van der Waals surface area (Å²) in [5.41, 5.74) is 0. The Morgan fingerprint density at radius 2 is 0.700 bits per heavy atom. The van der Waals surface area contributed by atoms with E-state index >= 15 is 0 Å². The summed E-state index contributed by atoms with van der Waals surface area (Å²) in [4.78, 5) is 32.5. The van der Waals surface area contributed by atoms with Crippen LogP contribution in [0.3, 0.4) is 0 Å². The zero-order valence-corrected chi connectivity index (χ0v) is 17.2. The Bertz CT molecular complexity index is 105. The van der Waals surface area contributed by atoms with E-state index in [0.717, 1.165) is 0 Å². The van der Waals surface area contributed by atoms with Crippen molar-refractivity contribution in [3.05, 3.63) is 14.9 Å². The quantitative estimate of drug-likeness (QED) is 0.242. The van der Waals surface area contributed by atoms with Gasteiger partial charge in [0.05, 0.1) is 0 Å². The van der Waals surface area contributed by atoms with Gasteiger partial charge in [-0.05, 0) is 0 Å². The summed E-state index contributed by atoms with van der Waals surface area (Å²) in [6, 6.07) is 0. The van der Waals surface area contributed by atoms with Crippen LogP contribution >= 0.6 is 0 Å². The first-order valence-corrected chi connectivity index (χ1v) is 1.32. The first-order valence-electron chi connectivity index (χ1n) is 0.940. The maximum atomic E-state index is 8.12. The van der Waals surface area contributed by atoms with Crippen LogP contribution in [0.25, 0.3) is 0 Å². The van der Waals surface area contributed by atoms with Crippen molar-refractivity contribution in [2.24, 2.45) is 0 Å². The first kappa shape index (κ1) is 200. The van der Waals surface area contributed by atoms with Gasteiger partial charge < -0.3 is 43.7 Å². The van der Waals surface area contributed by atoms with Crippen molar-refractivity contribution in [3.8, 4) is 0 Å². The van der Waals surface area contributed by atoms with Crippen molar-refractivity contribution in [2.75, 3.05) is 0 Å². The van der Waals surface area contributed by atoms with Gasteiger partial charge in [0.15, 0.2) is 0 Å². The van der Waals surface area contributed by atoms with E-state index in [0.29, 0.717) is 0 Å². The van der Waals surface area contributed by atoms with E-state index in [-0.39, 0.29) is 157 Å². The van der Waals surface area contributed by atoms with Crippen molar-refractivity contribution in [2.45, 2.75) is 7.43 Å². The number of rotatable bonds is 0. The minimum atomic E-state index is 0. The average Bonchev–Trinajstić information content (AvgIpc) is 1.75. The molecule has 0 aliphatic rings. The molecule has 0 aliphatic heterocycles. The van der Waals surface area contributed by atoms with Crippen LogP contribution in [0.4, 0.5) is 0 Å². The molecule has 0 saturated carbocycles. The second-order valence-corrected chi connectivity index (χ2v) is 0.167. The summed E-state index contributed by atoms with van der Waals surface area (Å²) in [5, 5.41) is 0. The molecule has 0 atom stereocenters. The third-order valence-electron chi connectivity index (χ3n) is 0. The molecule has 0 aromatic carbocycles. The molecule has 0 spiro atoms. The molecule has 0 saturated heterocycles. The Morgan fingerprint density at radius 3 is 0.700 bits per heavy atom. The molecule has 0 aromatic rings. The molecular weight excluding hydrogens is 457 g/mol. The van der Waals surface area contributed by atoms with Gasteiger partial charge >= 0.3 is 108 Å². The summed E-state index contributed by atoms with van der Waals surface area (Å²) in [5.74, 6) is 0. The van der Waals surface area contributed by atoms with Gasteiger partial charge in [0.1, 0.15) is 0 Å². The number of hydrogen-bond acceptors (Lipinski definition) is 6. The topological polar surface area (TPSA) is 241 Å². The first-order chi connectivity index (χ1) is 3.83. The summed E-state index contributed by atoms with van der Waals surface area (Å²) in [7, 11) is 0. The van der Waals surface area contributed by atoms with Gasteiger partial charge in [-0.15, -0.1) is 0 Å². The Morgan fingerprint density at radius 1 is 0.700 bits per heavy atom. The fraction of sp³-hybridized carbons (Fsp3) is 0.200. The van der Waals surface area contributed by atoms with Crippen molar-refractivity contribution in [1.82, 2.24) is 0 Å². The maximum absolute atomic E-state index is 8.12. The zero-order chi connectivity index (χ0) is 7.41. The van der Waals surface area contributed by atoms with Gasteiger partial charge in [-0.1, -0.05) is 7.43 Å². The van der Waals surface area contributed by atoms with Gasteiger partial charge in [-0.3, -0.25) is 0 Å². The Balaban J connectivity index is -0.000000000982. The van der Waals surface area contributed by atoms with Crippen molar-refractivity contribution in [3.63, 3.8) is 0 Å². The van der Waals surface area contributed by atoms with E-state index in [1.54, 1.807) is 0 Å². The molecule has 15 heteroatoms. The van der Waals surface area contributed by atoms with Gasteiger partial charge in [-0.25, -0.2) is 0 Å². The second kappa shape index (κ2) is 541. The third kappa shape index (κ3) is 1940. The third-order valence-corrected chi connectivity index (χ3v) is 0. The molecule has 10 nitrogen and oxygen atoms in total. The van der Waals surface area contributed by atoms with Crippen molar-refractivity contribution in [1.29, 1.82) is 0 Å². The van der Waals surface area contributed by atoms with E-state index < -0.39 is 0 Å². The van der Waals surface area contributed by atoms with E-state index in [2.05, 4.69) is 15.9 Å². The predicted octanol–water partition coefficient (Wildman–Crippen LogP) is -9.11. The normalized spacial score (nSPS) is 1.10. The Hall–Kier alpha value is 1.92. The van der Waals surface area contributed by atoms with Gasteiger partial charge in [0.25, 0.3) is 0 Å². The molecule has 0 aromatic heterocycles. The molecule has 9 N–H and O–H groups in total. The van der Waals surface area contributed by atoms with Crippen LogP contribution in [-0.2, 0) is 73.1 Å². The van der Waals surface area contributed by atoms with Crippen LogP contribution in [0.5, 0.6) is 0 Å². The van der Waals surface area contributed by atoms with Gasteiger partial charge in [-0.2, -0.15) is 19.2 Å². The molecule has 0 fully saturated rings. The SMILES string of the molecule is C.O.O.O.O.O=C=O.O=C=O.[CH3-].[CH3-].[Cu+2].[Cu].[H-].[Na+].[Na+].[OH-].[O]=[Cu]. The molecule has 0 unspecified atom stereocenters. The molecule has 0 heterocycles. The van der Waals surface area contributed by atoms with E-state index in [4.69, 9.17) is 23.0 Å². The Labute approximate surface area is 193 Å². The summed E-state index contributed by atoms with van der Waals surface area (Å²) < 4.78 is 7.81. The number of carbonyl (C=O) groups excluding carboxylic acids is 4. The van der Waals surface area contributed by atoms with Crippen LogP contribution in [0, 0.1) is 14.9 Å². The molecule has 2 radical (unpaired) electrons. The molecular formula is C5H20Cu3Na2O10. The zero-order valence-electron chi connectivity index (χ0n) is 11.4. The Kier molecular flexibility index (Phi) is 5420. The van der Waals surface area contributed by atoms with Crippen LogP contribution in [-0.4, -0.2) is 39.7 Å².